The molecule has 1 aromatic carbocycles. The van der Waals surface area contributed by atoms with E-state index in [0.717, 1.165) is 0 Å². The molecule has 0 aliphatic carbocycles. The van der Waals surface area contributed by atoms with Crippen LogP contribution in [0.15, 0.2) is 36.5 Å². The van der Waals surface area contributed by atoms with Gasteiger partial charge in [-0.1, -0.05) is 17.7 Å². The summed E-state index contributed by atoms with van der Waals surface area (Å²) in [6.45, 7) is 2.29. The Morgan fingerprint density at radius 3 is 2.83 bits per heavy atom. The lowest BCUT2D eigenvalue weighted by Crippen LogP contribution is -2.23. The number of hydrogen-bond acceptors (Lipinski definition) is 7. The van der Waals surface area contributed by atoms with Gasteiger partial charge >= 0.3 is 0 Å². The molecular formula is C19H20ClFN6O3. The molecule has 0 saturated carbocycles. The molecule has 0 spiro atoms. The van der Waals surface area contributed by atoms with Gasteiger partial charge in [0.15, 0.2) is 0 Å². The number of aliphatic hydroxyl groups excluding tert-OH is 1. The number of halogens is 2. The third kappa shape index (κ3) is 4.67. The number of nitrogens with one attached hydrogen (secondary N) is 3. The number of aromatic nitrogens is 3. The number of aliphatic hydroxyl groups is 1. The zero-order chi connectivity index (χ0) is 21.7. The van der Waals surface area contributed by atoms with Crippen molar-refractivity contribution >= 4 is 40.5 Å². The van der Waals surface area contributed by atoms with E-state index in [-0.39, 0.29) is 22.9 Å². The Balaban J connectivity index is 1.92. The van der Waals surface area contributed by atoms with E-state index in [2.05, 4.69) is 31.0 Å². The lowest BCUT2D eigenvalue weighted by atomic mass is 10.1. The molecule has 0 bridgehead atoms. The molecule has 0 aliphatic heterocycles. The number of carbonyl (C=O) groups excluding carboxylic acids is 1. The van der Waals surface area contributed by atoms with E-state index in [1.165, 1.54) is 31.5 Å². The van der Waals surface area contributed by atoms with Crippen molar-refractivity contribution in [2.75, 3.05) is 17.7 Å². The Kier molecular flexibility index (Phi) is 6.83. The maximum atomic E-state index is 14.5. The summed E-state index contributed by atoms with van der Waals surface area (Å²) in [6.07, 6.45) is 1.39. The number of para-hydroxylation sites is 1. The minimum atomic E-state index is -0.641. The first kappa shape index (κ1) is 21.5. The predicted molar refractivity (Wildman–Crippen MR) is 111 cm³/mol. The van der Waals surface area contributed by atoms with Crippen LogP contribution in [-0.2, 0) is 18.0 Å². The number of hydrogen-bond donors (Lipinski definition) is 4. The van der Waals surface area contributed by atoms with Gasteiger partial charge in [0.05, 0.1) is 47.6 Å². The highest BCUT2D eigenvalue weighted by Gasteiger charge is 2.17. The van der Waals surface area contributed by atoms with Crippen LogP contribution in [0.4, 0.5) is 27.4 Å². The minimum Gasteiger partial charge on any atom is -0.390 e. The highest BCUT2D eigenvalue weighted by atomic mass is 35.5. The summed E-state index contributed by atoms with van der Waals surface area (Å²) in [6, 6.07) is 7.34. The smallest absolute Gasteiger partial charge is 0.277 e. The first-order valence-corrected chi connectivity index (χ1v) is 9.33. The quantitative estimate of drug-likeness (QED) is 0.402. The van der Waals surface area contributed by atoms with Crippen LogP contribution in [-0.4, -0.2) is 32.9 Å². The molecular weight excluding hydrogens is 415 g/mol. The second-order valence-corrected chi connectivity index (χ2v) is 6.50. The standard InChI is InChI=1S/C19H20ClFN6O3/c1-3-27-17(7-11(10-28)25-27)24-16-8-15(13(20)9-22-16)23-18-12(19(29)26-30-2)5-4-6-14(18)21/h4-9,28H,3,10H2,1-2H3,(H,26,29)(H2,22,23,24). The number of aryl methyl sites for hydroxylation is 1. The Morgan fingerprint density at radius 1 is 1.33 bits per heavy atom. The Morgan fingerprint density at radius 2 is 2.13 bits per heavy atom. The first-order valence-electron chi connectivity index (χ1n) is 8.95. The van der Waals surface area contributed by atoms with E-state index in [0.29, 0.717) is 29.6 Å². The van der Waals surface area contributed by atoms with Gasteiger partial charge in [-0.25, -0.2) is 19.5 Å². The normalized spacial score (nSPS) is 10.7. The third-order valence-electron chi connectivity index (χ3n) is 4.12. The molecule has 0 saturated heterocycles. The second-order valence-electron chi connectivity index (χ2n) is 6.09. The van der Waals surface area contributed by atoms with E-state index >= 15 is 0 Å². The largest absolute Gasteiger partial charge is 0.390 e. The summed E-state index contributed by atoms with van der Waals surface area (Å²) in [7, 11) is 1.28. The number of rotatable bonds is 8. The fourth-order valence-corrected chi connectivity index (χ4v) is 2.90. The van der Waals surface area contributed by atoms with Crippen molar-refractivity contribution in [2.45, 2.75) is 20.1 Å². The summed E-state index contributed by atoms with van der Waals surface area (Å²) < 4.78 is 16.1. The van der Waals surface area contributed by atoms with E-state index in [1.807, 2.05) is 6.92 Å². The molecule has 3 rings (SSSR count). The molecule has 11 heteroatoms. The minimum absolute atomic E-state index is 0.0379. The molecule has 30 heavy (non-hydrogen) atoms. The van der Waals surface area contributed by atoms with Gasteiger partial charge < -0.3 is 15.7 Å². The van der Waals surface area contributed by atoms with Crippen molar-refractivity contribution in [1.82, 2.24) is 20.2 Å². The van der Waals surface area contributed by atoms with Crippen LogP contribution >= 0.6 is 11.6 Å². The lowest BCUT2D eigenvalue weighted by Gasteiger charge is -2.15. The third-order valence-corrected chi connectivity index (χ3v) is 4.42. The maximum absolute atomic E-state index is 14.5. The number of pyridine rings is 1. The van der Waals surface area contributed by atoms with E-state index in [1.54, 1.807) is 16.8 Å². The van der Waals surface area contributed by atoms with Gasteiger partial charge in [-0.15, -0.1) is 0 Å². The van der Waals surface area contributed by atoms with Gasteiger partial charge in [0.2, 0.25) is 0 Å². The monoisotopic (exact) mass is 434 g/mol. The maximum Gasteiger partial charge on any atom is 0.277 e. The lowest BCUT2D eigenvalue weighted by molar-refractivity contribution is 0.0538. The summed E-state index contributed by atoms with van der Waals surface area (Å²) in [5.41, 5.74) is 2.97. The average molecular weight is 435 g/mol. The number of anilines is 4. The molecule has 0 radical (unpaired) electrons. The van der Waals surface area contributed by atoms with Crippen LogP contribution in [0.5, 0.6) is 0 Å². The summed E-state index contributed by atoms with van der Waals surface area (Å²) in [5.74, 6) is -0.238. The van der Waals surface area contributed by atoms with Crippen molar-refractivity contribution in [3.8, 4) is 0 Å². The van der Waals surface area contributed by atoms with Gasteiger partial charge in [-0.3, -0.25) is 9.63 Å². The van der Waals surface area contributed by atoms with Crippen LogP contribution < -0.4 is 16.1 Å². The van der Waals surface area contributed by atoms with Crippen molar-refractivity contribution in [1.29, 1.82) is 0 Å². The van der Waals surface area contributed by atoms with Crippen LogP contribution in [0.1, 0.15) is 23.0 Å². The average Bonchev–Trinajstić information content (AvgIpc) is 3.14. The molecule has 0 atom stereocenters. The van der Waals surface area contributed by atoms with E-state index in [4.69, 9.17) is 11.6 Å². The van der Waals surface area contributed by atoms with Crippen LogP contribution in [0.2, 0.25) is 5.02 Å². The molecule has 3 aromatic rings. The summed E-state index contributed by atoms with van der Waals surface area (Å²) in [5, 5.41) is 19.7. The molecule has 158 valence electrons. The van der Waals surface area contributed by atoms with E-state index in [9.17, 15) is 14.3 Å². The molecule has 0 aliphatic rings. The predicted octanol–water partition coefficient (Wildman–Crippen LogP) is 3.36. The Bertz CT molecular complexity index is 1060. The van der Waals surface area contributed by atoms with E-state index < -0.39 is 11.7 Å². The number of carbonyl (C=O) groups is 1. The molecule has 4 N–H and O–H groups in total. The summed E-state index contributed by atoms with van der Waals surface area (Å²) in [4.78, 5) is 21.0. The number of hydroxylamine groups is 1. The molecule has 1 amide bonds. The molecule has 2 aromatic heterocycles. The Hall–Kier alpha value is -3.21. The van der Waals surface area contributed by atoms with Crippen molar-refractivity contribution < 1.29 is 19.1 Å². The molecule has 2 heterocycles. The van der Waals surface area contributed by atoms with Crippen molar-refractivity contribution in [3.63, 3.8) is 0 Å². The SMILES string of the molecule is CCn1nc(CO)cc1Nc1cc(Nc2c(F)cccc2C(=O)NOC)c(Cl)cn1. The van der Waals surface area contributed by atoms with Crippen molar-refractivity contribution in [2.24, 2.45) is 0 Å². The molecule has 0 unspecified atom stereocenters. The first-order chi connectivity index (χ1) is 14.5. The van der Waals surface area contributed by atoms with Crippen LogP contribution in [0.3, 0.4) is 0 Å². The Labute approximate surface area is 176 Å². The summed E-state index contributed by atoms with van der Waals surface area (Å²) >= 11 is 6.23. The van der Waals surface area contributed by atoms with Crippen LogP contribution in [0, 0.1) is 5.82 Å². The number of benzene rings is 1. The van der Waals surface area contributed by atoms with Gasteiger partial charge in [0.25, 0.3) is 5.91 Å². The van der Waals surface area contributed by atoms with Gasteiger partial charge in [-0.2, -0.15) is 5.10 Å². The highest BCUT2D eigenvalue weighted by molar-refractivity contribution is 6.33. The zero-order valence-corrected chi connectivity index (χ0v) is 17.0. The fourth-order valence-electron chi connectivity index (χ4n) is 2.75. The topological polar surface area (TPSA) is 113 Å². The second kappa shape index (κ2) is 9.53. The van der Waals surface area contributed by atoms with Gasteiger partial charge in [0.1, 0.15) is 17.5 Å². The van der Waals surface area contributed by atoms with Gasteiger partial charge in [-0.05, 0) is 19.1 Å². The van der Waals surface area contributed by atoms with Gasteiger partial charge in [0, 0.05) is 18.7 Å². The molecule has 0 fully saturated rings. The van der Waals surface area contributed by atoms with Crippen molar-refractivity contribution in [3.05, 3.63) is 58.6 Å². The van der Waals surface area contributed by atoms with Crippen LogP contribution in [0.25, 0.3) is 0 Å². The fraction of sp³-hybridized carbons (Fsp3) is 0.211. The molecule has 9 nitrogen and oxygen atoms in total. The number of amides is 1. The zero-order valence-electron chi connectivity index (χ0n) is 16.2. The highest BCUT2D eigenvalue weighted by Crippen LogP contribution is 2.31. The number of nitrogens with zero attached hydrogens (tertiary/aromatic N) is 3.